The Labute approximate surface area is 108 Å². The summed E-state index contributed by atoms with van der Waals surface area (Å²) in [6, 6.07) is 0.560. The Hall–Kier alpha value is -0.220. The molecule has 0 atom stereocenters. The molecule has 0 aromatic heterocycles. The van der Waals surface area contributed by atoms with Gasteiger partial charge in [0.1, 0.15) is 0 Å². The molecule has 98 valence electrons. The lowest BCUT2D eigenvalue weighted by atomic mass is 9.95. The van der Waals surface area contributed by atoms with Gasteiger partial charge in [0, 0.05) is 17.8 Å². The van der Waals surface area contributed by atoms with Crippen LogP contribution in [-0.4, -0.2) is 36.5 Å². The zero-order valence-corrected chi connectivity index (χ0v) is 11.5. The highest BCUT2D eigenvalue weighted by Crippen LogP contribution is 2.27. The van der Waals surface area contributed by atoms with E-state index in [2.05, 4.69) is 16.9 Å². The smallest absolute Gasteiger partial charge is 0.233 e. The van der Waals surface area contributed by atoms with E-state index in [1.165, 1.54) is 38.5 Å². The van der Waals surface area contributed by atoms with Crippen LogP contribution in [0.2, 0.25) is 0 Å². The van der Waals surface area contributed by atoms with Crippen LogP contribution in [0.25, 0.3) is 0 Å². The number of nitrogens with one attached hydrogen (secondary N) is 2. The molecule has 2 fully saturated rings. The molecule has 2 saturated carbocycles. The molecule has 0 aliphatic heterocycles. The number of hydrogen-bond acceptors (Lipinski definition) is 3. The summed E-state index contributed by atoms with van der Waals surface area (Å²) >= 11 is 1.98. The Morgan fingerprint density at radius 2 is 1.88 bits per heavy atom. The van der Waals surface area contributed by atoms with Crippen LogP contribution < -0.4 is 10.6 Å². The van der Waals surface area contributed by atoms with Crippen molar-refractivity contribution in [2.24, 2.45) is 5.92 Å². The van der Waals surface area contributed by atoms with Gasteiger partial charge in [-0.05, 0) is 50.7 Å². The van der Waals surface area contributed by atoms with Crippen molar-refractivity contribution in [3.63, 3.8) is 0 Å². The molecule has 17 heavy (non-hydrogen) atoms. The number of carbonyl (C=O) groups is 1. The van der Waals surface area contributed by atoms with Crippen molar-refractivity contribution in [1.82, 2.24) is 10.6 Å². The summed E-state index contributed by atoms with van der Waals surface area (Å²) in [5, 5.41) is 7.23. The van der Waals surface area contributed by atoms with Gasteiger partial charge in [0.2, 0.25) is 5.91 Å². The van der Waals surface area contributed by atoms with Gasteiger partial charge in [-0.3, -0.25) is 4.79 Å². The van der Waals surface area contributed by atoms with Crippen LogP contribution in [0.15, 0.2) is 0 Å². The van der Waals surface area contributed by atoms with E-state index in [4.69, 9.17) is 0 Å². The highest BCUT2D eigenvalue weighted by molar-refractivity contribution is 7.99. The summed E-state index contributed by atoms with van der Waals surface area (Å²) in [5.74, 6) is 0.944. The number of amides is 1. The lowest BCUT2D eigenvalue weighted by Gasteiger charge is -2.27. The first-order valence-electron chi connectivity index (χ1n) is 6.81. The van der Waals surface area contributed by atoms with Crippen molar-refractivity contribution >= 4 is 17.7 Å². The van der Waals surface area contributed by atoms with Crippen LogP contribution in [0, 0.1) is 5.92 Å². The van der Waals surface area contributed by atoms with Gasteiger partial charge in [-0.25, -0.2) is 0 Å². The molecule has 3 nitrogen and oxygen atoms in total. The van der Waals surface area contributed by atoms with E-state index >= 15 is 0 Å². The minimum absolute atomic E-state index is 0.170. The number of rotatable bonds is 6. The van der Waals surface area contributed by atoms with Crippen LogP contribution in [0.5, 0.6) is 0 Å². The molecule has 2 aliphatic carbocycles. The molecule has 0 aromatic carbocycles. The lowest BCUT2D eigenvalue weighted by Crippen LogP contribution is -2.41. The highest BCUT2D eigenvalue weighted by atomic mass is 32.2. The van der Waals surface area contributed by atoms with E-state index in [0.29, 0.717) is 12.6 Å². The minimum Gasteiger partial charge on any atom is -0.355 e. The quantitative estimate of drug-likeness (QED) is 0.761. The van der Waals surface area contributed by atoms with Crippen molar-refractivity contribution < 1.29 is 4.79 Å². The molecule has 0 heterocycles. The van der Waals surface area contributed by atoms with Gasteiger partial charge in [-0.15, -0.1) is 0 Å². The average Bonchev–Trinajstić information content (AvgIpc) is 3.18. The molecule has 4 heteroatoms. The zero-order chi connectivity index (χ0) is 12.1. The highest BCUT2D eigenvalue weighted by Gasteiger charge is 2.22. The Kier molecular flexibility index (Phi) is 5.16. The van der Waals surface area contributed by atoms with Crippen LogP contribution in [-0.2, 0) is 4.79 Å². The SMILES string of the molecule is CSC1CCC(NCC(=O)NCC2CC2)CC1. The third-order valence-corrected chi connectivity index (χ3v) is 4.98. The maximum atomic E-state index is 11.6. The number of hydrogen-bond donors (Lipinski definition) is 2. The van der Waals surface area contributed by atoms with Crippen LogP contribution >= 0.6 is 11.8 Å². The Bertz CT molecular complexity index is 248. The third-order valence-electron chi connectivity index (χ3n) is 3.84. The fraction of sp³-hybridized carbons (Fsp3) is 0.923. The molecule has 0 unspecified atom stereocenters. The standard InChI is InChI=1S/C13H24N2OS/c1-17-12-6-4-11(5-7-12)14-9-13(16)15-8-10-2-3-10/h10-12,14H,2-9H2,1H3,(H,15,16). The van der Waals surface area contributed by atoms with Gasteiger partial charge < -0.3 is 10.6 Å². The second-order valence-electron chi connectivity index (χ2n) is 5.34. The van der Waals surface area contributed by atoms with Crippen molar-refractivity contribution in [3.05, 3.63) is 0 Å². The first-order chi connectivity index (χ1) is 8.28. The van der Waals surface area contributed by atoms with E-state index in [9.17, 15) is 4.79 Å². The van der Waals surface area contributed by atoms with Gasteiger partial charge in [-0.1, -0.05) is 0 Å². The molecular formula is C13H24N2OS. The summed E-state index contributed by atoms with van der Waals surface area (Å²) in [6.45, 7) is 1.39. The molecular weight excluding hydrogens is 232 g/mol. The number of carbonyl (C=O) groups excluding carboxylic acids is 1. The van der Waals surface area contributed by atoms with E-state index in [0.717, 1.165) is 17.7 Å². The van der Waals surface area contributed by atoms with E-state index in [1.807, 2.05) is 11.8 Å². The Morgan fingerprint density at radius 1 is 1.18 bits per heavy atom. The fourth-order valence-corrected chi connectivity index (χ4v) is 3.13. The fourth-order valence-electron chi connectivity index (χ4n) is 2.38. The molecule has 1 amide bonds. The first kappa shape index (κ1) is 13.2. The Morgan fingerprint density at radius 3 is 2.47 bits per heavy atom. The first-order valence-corrected chi connectivity index (χ1v) is 8.09. The van der Waals surface area contributed by atoms with Crippen molar-refractivity contribution in [2.45, 2.75) is 49.8 Å². The predicted molar refractivity (Wildman–Crippen MR) is 73.3 cm³/mol. The lowest BCUT2D eigenvalue weighted by molar-refractivity contribution is -0.120. The molecule has 2 N–H and O–H groups in total. The average molecular weight is 256 g/mol. The summed E-state index contributed by atoms with van der Waals surface area (Å²) in [4.78, 5) is 11.6. The maximum absolute atomic E-state index is 11.6. The molecule has 0 bridgehead atoms. The van der Waals surface area contributed by atoms with Crippen molar-refractivity contribution in [1.29, 1.82) is 0 Å². The van der Waals surface area contributed by atoms with Gasteiger partial charge in [0.15, 0.2) is 0 Å². The van der Waals surface area contributed by atoms with E-state index in [-0.39, 0.29) is 5.91 Å². The third kappa shape index (κ3) is 4.88. The zero-order valence-electron chi connectivity index (χ0n) is 10.7. The summed E-state index contributed by atoms with van der Waals surface area (Å²) < 4.78 is 0. The van der Waals surface area contributed by atoms with Gasteiger partial charge in [-0.2, -0.15) is 11.8 Å². The normalized spacial score (nSPS) is 29.0. The van der Waals surface area contributed by atoms with Crippen LogP contribution in [0.4, 0.5) is 0 Å². The molecule has 2 aliphatic rings. The largest absolute Gasteiger partial charge is 0.355 e. The summed E-state index contributed by atoms with van der Waals surface area (Å²) in [5.41, 5.74) is 0. The van der Waals surface area contributed by atoms with Crippen molar-refractivity contribution in [3.8, 4) is 0 Å². The second kappa shape index (κ2) is 6.64. The van der Waals surface area contributed by atoms with Gasteiger partial charge >= 0.3 is 0 Å². The monoisotopic (exact) mass is 256 g/mol. The summed E-state index contributed by atoms with van der Waals surface area (Å²) in [7, 11) is 0. The molecule has 0 spiro atoms. The topological polar surface area (TPSA) is 41.1 Å². The minimum atomic E-state index is 0.170. The number of thioether (sulfide) groups is 1. The maximum Gasteiger partial charge on any atom is 0.233 e. The second-order valence-corrected chi connectivity index (χ2v) is 6.48. The molecule has 0 saturated heterocycles. The molecule has 2 rings (SSSR count). The van der Waals surface area contributed by atoms with Crippen LogP contribution in [0.1, 0.15) is 38.5 Å². The van der Waals surface area contributed by atoms with E-state index in [1.54, 1.807) is 0 Å². The van der Waals surface area contributed by atoms with Gasteiger partial charge in [0.05, 0.1) is 6.54 Å². The van der Waals surface area contributed by atoms with E-state index < -0.39 is 0 Å². The molecule has 0 radical (unpaired) electrons. The van der Waals surface area contributed by atoms with Crippen LogP contribution in [0.3, 0.4) is 0 Å². The summed E-state index contributed by atoms with van der Waals surface area (Å²) in [6.07, 6.45) is 9.83. The Balaban J connectivity index is 1.53. The van der Waals surface area contributed by atoms with Gasteiger partial charge in [0.25, 0.3) is 0 Å². The predicted octanol–water partition coefficient (Wildman–Crippen LogP) is 1.78. The molecule has 0 aromatic rings. The van der Waals surface area contributed by atoms with Crippen molar-refractivity contribution in [2.75, 3.05) is 19.3 Å².